The van der Waals surface area contributed by atoms with Crippen molar-refractivity contribution in [3.63, 3.8) is 0 Å². The minimum absolute atomic E-state index is 0.0164. The topological polar surface area (TPSA) is 138 Å². The maximum Gasteiger partial charge on any atom is 0.408 e. The Bertz CT molecular complexity index is 1580. The van der Waals surface area contributed by atoms with Crippen LogP contribution in [0.25, 0.3) is 32.6 Å². The lowest BCUT2D eigenvalue weighted by atomic mass is 10.0. The summed E-state index contributed by atoms with van der Waals surface area (Å²) in [6.07, 6.45) is -0.796. The number of hydrogen-bond donors (Lipinski definition) is 4. The minimum Gasteiger partial charge on any atom is -0.480 e. The molecular formula is C28H29N3O6. The molecule has 37 heavy (non-hydrogen) atoms. The lowest BCUT2D eigenvalue weighted by molar-refractivity contribution is -0.141. The highest BCUT2D eigenvalue weighted by Crippen LogP contribution is 2.22. The van der Waals surface area contributed by atoms with Gasteiger partial charge < -0.3 is 25.5 Å². The van der Waals surface area contributed by atoms with Crippen LogP contribution >= 0.6 is 0 Å². The molecule has 1 aromatic heterocycles. The Labute approximate surface area is 212 Å². The first-order valence-electron chi connectivity index (χ1n) is 11.9. The summed E-state index contributed by atoms with van der Waals surface area (Å²) in [5, 5.41) is 17.0. The van der Waals surface area contributed by atoms with Crippen molar-refractivity contribution < 1.29 is 24.2 Å². The highest BCUT2D eigenvalue weighted by Gasteiger charge is 2.27. The minimum atomic E-state index is -1.21. The van der Waals surface area contributed by atoms with Gasteiger partial charge in [-0.25, -0.2) is 4.79 Å². The first-order chi connectivity index (χ1) is 17.4. The number of aromatic amines is 1. The zero-order valence-electron chi connectivity index (χ0n) is 21.0. The number of carboxylic acids is 1. The van der Waals surface area contributed by atoms with Gasteiger partial charge in [-0.15, -0.1) is 0 Å². The molecule has 0 saturated heterocycles. The van der Waals surface area contributed by atoms with E-state index in [2.05, 4.69) is 15.6 Å². The fraction of sp³-hybridized carbons (Fsp3) is 0.286. The molecule has 0 fully saturated rings. The Balaban J connectivity index is 1.70. The largest absolute Gasteiger partial charge is 0.480 e. The SMILES string of the molecule is C[C@H](NC(=O)[C@H](Cc1ccc2[nH]c3cc4ccccc4cc3c(=O)c2c1)NC(=O)OC(C)(C)C)C(=O)O. The van der Waals surface area contributed by atoms with Crippen LogP contribution in [0.2, 0.25) is 0 Å². The summed E-state index contributed by atoms with van der Waals surface area (Å²) in [5.74, 6) is -1.89. The number of aliphatic carboxylic acids is 1. The van der Waals surface area contributed by atoms with Gasteiger partial charge in [0.1, 0.15) is 17.7 Å². The number of rotatable bonds is 6. The predicted octanol–water partition coefficient (Wildman–Crippen LogP) is 3.86. The number of amides is 2. The van der Waals surface area contributed by atoms with E-state index in [0.717, 1.165) is 16.3 Å². The fourth-order valence-corrected chi connectivity index (χ4v) is 4.11. The zero-order valence-corrected chi connectivity index (χ0v) is 21.0. The van der Waals surface area contributed by atoms with Crippen molar-refractivity contribution in [1.29, 1.82) is 0 Å². The second-order valence-corrected chi connectivity index (χ2v) is 10.1. The van der Waals surface area contributed by atoms with Gasteiger partial charge in [0.2, 0.25) is 5.91 Å². The van der Waals surface area contributed by atoms with Crippen molar-refractivity contribution in [2.45, 2.75) is 51.8 Å². The molecule has 2 atom stereocenters. The van der Waals surface area contributed by atoms with Gasteiger partial charge in [-0.2, -0.15) is 0 Å². The molecule has 0 spiro atoms. The zero-order chi connectivity index (χ0) is 26.9. The van der Waals surface area contributed by atoms with Crippen molar-refractivity contribution in [2.75, 3.05) is 0 Å². The first-order valence-corrected chi connectivity index (χ1v) is 11.9. The second-order valence-electron chi connectivity index (χ2n) is 10.1. The van der Waals surface area contributed by atoms with Crippen LogP contribution in [0, 0.1) is 0 Å². The molecule has 0 unspecified atom stereocenters. The summed E-state index contributed by atoms with van der Waals surface area (Å²) in [5.41, 5.74) is 1.02. The van der Waals surface area contributed by atoms with E-state index in [1.807, 2.05) is 36.4 Å². The number of ether oxygens (including phenoxy) is 1. The predicted molar refractivity (Wildman–Crippen MR) is 142 cm³/mol. The number of nitrogens with one attached hydrogen (secondary N) is 3. The Morgan fingerprint density at radius 3 is 2.24 bits per heavy atom. The summed E-state index contributed by atoms with van der Waals surface area (Å²) in [7, 11) is 0. The van der Waals surface area contributed by atoms with E-state index in [1.165, 1.54) is 6.92 Å². The molecule has 0 aliphatic heterocycles. The van der Waals surface area contributed by atoms with Gasteiger partial charge in [0.05, 0.1) is 5.52 Å². The number of aromatic nitrogens is 1. The van der Waals surface area contributed by atoms with E-state index in [9.17, 15) is 24.3 Å². The molecule has 1 heterocycles. The number of carbonyl (C=O) groups is 3. The average Bonchev–Trinajstić information content (AvgIpc) is 2.82. The molecule has 0 saturated carbocycles. The molecule has 2 amide bonds. The van der Waals surface area contributed by atoms with Crippen LogP contribution < -0.4 is 16.1 Å². The summed E-state index contributed by atoms with van der Waals surface area (Å²) in [6.45, 7) is 6.40. The van der Waals surface area contributed by atoms with E-state index in [4.69, 9.17) is 4.74 Å². The van der Waals surface area contributed by atoms with Crippen molar-refractivity contribution in [3.05, 3.63) is 70.4 Å². The number of fused-ring (bicyclic) bond motifs is 3. The number of pyridine rings is 1. The van der Waals surface area contributed by atoms with Crippen LogP contribution in [0.15, 0.2) is 59.4 Å². The van der Waals surface area contributed by atoms with Crippen molar-refractivity contribution >= 4 is 50.5 Å². The van der Waals surface area contributed by atoms with E-state index >= 15 is 0 Å². The van der Waals surface area contributed by atoms with Crippen molar-refractivity contribution in [3.8, 4) is 0 Å². The Hall–Kier alpha value is -4.40. The second kappa shape index (κ2) is 9.93. The van der Waals surface area contributed by atoms with Gasteiger partial charge in [0, 0.05) is 22.7 Å². The van der Waals surface area contributed by atoms with Gasteiger partial charge in [-0.05, 0) is 68.3 Å². The van der Waals surface area contributed by atoms with Crippen LogP contribution in [0.1, 0.15) is 33.3 Å². The standard InChI is InChI=1S/C28H29N3O6/c1-15(26(34)35)29-25(33)23(31-27(36)37-28(2,3)4)12-16-9-10-21-19(11-16)24(32)20-13-17-7-5-6-8-18(17)14-22(20)30-21/h5-11,13-15,23H,12H2,1-4H3,(H,29,33)(H,30,32)(H,31,36)(H,34,35)/t15-,23-/m0/s1. The lowest BCUT2D eigenvalue weighted by Gasteiger charge is -2.24. The van der Waals surface area contributed by atoms with Gasteiger partial charge in [0.15, 0.2) is 5.43 Å². The molecule has 4 aromatic rings. The molecule has 0 bridgehead atoms. The van der Waals surface area contributed by atoms with Gasteiger partial charge in [-0.1, -0.05) is 30.3 Å². The molecule has 0 aliphatic carbocycles. The third kappa shape index (κ3) is 5.88. The molecule has 9 heteroatoms. The van der Waals surface area contributed by atoms with E-state index in [0.29, 0.717) is 21.9 Å². The normalized spacial score (nSPS) is 13.3. The van der Waals surface area contributed by atoms with Crippen LogP contribution in [-0.2, 0) is 20.7 Å². The highest BCUT2D eigenvalue weighted by molar-refractivity contribution is 6.01. The number of carboxylic acid groups (broad SMARTS) is 1. The maximum atomic E-state index is 13.4. The molecule has 4 rings (SSSR count). The fourth-order valence-electron chi connectivity index (χ4n) is 4.11. The van der Waals surface area contributed by atoms with Crippen LogP contribution in [0.4, 0.5) is 4.79 Å². The first kappa shape index (κ1) is 25.7. The molecule has 3 aromatic carbocycles. The summed E-state index contributed by atoms with van der Waals surface area (Å²) in [4.78, 5) is 53.2. The molecule has 0 radical (unpaired) electrons. The molecule has 9 nitrogen and oxygen atoms in total. The third-order valence-electron chi connectivity index (χ3n) is 5.90. The maximum absolute atomic E-state index is 13.4. The lowest BCUT2D eigenvalue weighted by Crippen LogP contribution is -2.52. The van der Waals surface area contributed by atoms with Crippen LogP contribution in [-0.4, -0.2) is 45.7 Å². The molecule has 0 aliphatic rings. The number of benzene rings is 3. The molecule has 4 N–H and O–H groups in total. The van der Waals surface area contributed by atoms with E-state index < -0.39 is 35.7 Å². The average molecular weight is 504 g/mol. The number of carbonyl (C=O) groups excluding carboxylic acids is 2. The summed E-state index contributed by atoms with van der Waals surface area (Å²) in [6, 6.07) is 14.5. The van der Waals surface area contributed by atoms with Crippen LogP contribution in [0.3, 0.4) is 0 Å². The van der Waals surface area contributed by atoms with Gasteiger partial charge >= 0.3 is 12.1 Å². The Morgan fingerprint density at radius 2 is 1.59 bits per heavy atom. The van der Waals surface area contributed by atoms with Gasteiger partial charge in [0.25, 0.3) is 0 Å². The highest BCUT2D eigenvalue weighted by atomic mass is 16.6. The summed E-state index contributed by atoms with van der Waals surface area (Å²) >= 11 is 0. The number of H-pyrrole nitrogens is 1. The molecule has 192 valence electrons. The van der Waals surface area contributed by atoms with Crippen LogP contribution in [0.5, 0.6) is 0 Å². The molecular weight excluding hydrogens is 474 g/mol. The third-order valence-corrected chi connectivity index (χ3v) is 5.90. The number of hydrogen-bond acceptors (Lipinski definition) is 5. The summed E-state index contributed by atoms with van der Waals surface area (Å²) < 4.78 is 5.28. The van der Waals surface area contributed by atoms with Crippen molar-refractivity contribution in [2.24, 2.45) is 0 Å². The Kier molecular flexibility index (Phi) is 6.89. The quantitative estimate of drug-likeness (QED) is 0.295. The van der Waals surface area contributed by atoms with E-state index in [1.54, 1.807) is 39.0 Å². The number of alkyl carbamates (subject to hydrolysis) is 1. The van der Waals surface area contributed by atoms with Crippen molar-refractivity contribution in [1.82, 2.24) is 15.6 Å². The van der Waals surface area contributed by atoms with Gasteiger partial charge in [-0.3, -0.25) is 14.4 Å². The smallest absolute Gasteiger partial charge is 0.408 e. The monoisotopic (exact) mass is 503 g/mol. The van der Waals surface area contributed by atoms with E-state index in [-0.39, 0.29) is 11.8 Å². The Morgan fingerprint density at radius 1 is 0.946 bits per heavy atom.